The van der Waals surface area contributed by atoms with Crippen LogP contribution in [0.3, 0.4) is 0 Å². The Balaban J connectivity index is 3.00. The highest BCUT2D eigenvalue weighted by Gasteiger charge is 2.12. The van der Waals surface area contributed by atoms with Gasteiger partial charge in [-0.2, -0.15) is 5.26 Å². The minimum absolute atomic E-state index is 0.644. The van der Waals surface area contributed by atoms with Crippen molar-refractivity contribution in [1.29, 1.82) is 5.26 Å². The molecule has 92 valence electrons. The van der Waals surface area contributed by atoms with E-state index in [2.05, 4.69) is 47.7 Å². The van der Waals surface area contributed by atoms with Crippen molar-refractivity contribution in [2.45, 2.75) is 27.2 Å². The van der Waals surface area contributed by atoms with E-state index in [0.717, 1.165) is 35.2 Å². The SMILES string of the molecule is CCC(C)CN(CC)c1ccc(Br)cc1C#N. The molecule has 0 bridgehead atoms. The van der Waals surface area contributed by atoms with Gasteiger partial charge in [0.2, 0.25) is 0 Å². The van der Waals surface area contributed by atoms with Crippen LogP contribution in [-0.4, -0.2) is 13.1 Å². The molecule has 0 aliphatic carbocycles. The summed E-state index contributed by atoms with van der Waals surface area (Å²) in [7, 11) is 0. The number of halogens is 1. The van der Waals surface area contributed by atoms with Crippen LogP contribution in [0.25, 0.3) is 0 Å². The third kappa shape index (κ3) is 3.74. The fourth-order valence-electron chi connectivity index (χ4n) is 1.78. The zero-order chi connectivity index (χ0) is 12.8. The van der Waals surface area contributed by atoms with Crippen molar-refractivity contribution in [1.82, 2.24) is 0 Å². The molecule has 1 aromatic carbocycles. The van der Waals surface area contributed by atoms with Crippen molar-refractivity contribution in [2.75, 3.05) is 18.0 Å². The van der Waals surface area contributed by atoms with Gasteiger partial charge in [-0.05, 0) is 31.0 Å². The highest BCUT2D eigenvalue weighted by molar-refractivity contribution is 9.10. The van der Waals surface area contributed by atoms with E-state index in [1.807, 2.05) is 18.2 Å². The molecule has 3 heteroatoms. The minimum atomic E-state index is 0.644. The summed E-state index contributed by atoms with van der Waals surface area (Å²) in [4.78, 5) is 2.28. The van der Waals surface area contributed by atoms with Crippen LogP contribution >= 0.6 is 15.9 Å². The van der Waals surface area contributed by atoms with Gasteiger partial charge in [0, 0.05) is 17.6 Å². The van der Waals surface area contributed by atoms with Crippen LogP contribution in [0.2, 0.25) is 0 Å². The molecule has 0 fully saturated rings. The normalized spacial score (nSPS) is 11.9. The highest BCUT2D eigenvalue weighted by Crippen LogP contribution is 2.25. The fraction of sp³-hybridized carbons (Fsp3) is 0.500. The summed E-state index contributed by atoms with van der Waals surface area (Å²) in [6.45, 7) is 8.51. The van der Waals surface area contributed by atoms with Crippen LogP contribution in [0.1, 0.15) is 32.8 Å². The Bertz CT molecular complexity index is 409. The van der Waals surface area contributed by atoms with Crippen molar-refractivity contribution in [3.05, 3.63) is 28.2 Å². The quantitative estimate of drug-likeness (QED) is 0.814. The molecule has 2 nitrogen and oxygen atoms in total. The zero-order valence-corrected chi connectivity index (χ0v) is 12.3. The van der Waals surface area contributed by atoms with Gasteiger partial charge in [-0.1, -0.05) is 36.2 Å². The lowest BCUT2D eigenvalue weighted by Crippen LogP contribution is -2.28. The van der Waals surface area contributed by atoms with Gasteiger partial charge < -0.3 is 4.90 Å². The summed E-state index contributed by atoms with van der Waals surface area (Å²) in [5.74, 6) is 0.644. The molecule has 0 saturated heterocycles. The first-order chi connectivity index (χ1) is 8.12. The van der Waals surface area contributed by atoms with Crippen molar-refractivity contribution < 1.29 is 0 Å². The lowest BCUT2D eigenvalue weighted by molar-refractivity contribution is 0.548. The van der Waals surface area contributed by atoms with Crippen molar-refractivity contribution >= 4 is 21.6 Å². The van der Waals surface area contributed by atoms with Crippen LogP contribution in [0.5, 0.6) is 0 Å². The second-order valence-electron chi connectivity index (χ2n) is 4.33. The van der Waals surface area contributed by atoms with E-state index in [4.69, 9.17) is 0 Å². The standard InChI is InChI=1S/C14H19BrN2/c1-4-11(3)10-17(5-2)14-7-6-13(15)8-12(14)9-16/h6-8,11H,4-5,10H2,1-3H3. The summed E-state index contributed by atoms with van der Waals surface area (Å²) in [6, 6.07) is 8.17. The van der Waals surface area contributed by atoms with E-state index in [1.54, 1.807) is 0 Å². The molecule has 0 N–H and O–H groups in total. The van der Waals surface area contributed by atoms with E-state index in [0.29, 0.717) is 5.92 Å². The third-order valence-electron chi connectivity index (χ3n) is 3.03. The van der Waals surface area contributed by atoms with Crippen LogP contribution < -0.4 is 4.90 Å². The Morgan fingerprint density at radius 3 is 2.65 bits per heavy atom. The second-order valence-corrected chi connectivity index (χ2v) is 5.24. The molecular weight excluding hydrogens is 276 g/mol. The van der Waals surface area contributed by atoms with Crippen LogP contribution in [0.4, 0.5) is 5.69 Å². The van der Waals surface area contributed by atoms with E-state index >= 15 is 0 Å². The highest BCUT2D eigenvalue weighted by atomic mass is 79.9. The molecule has 0 heterocycles. The van der Waals surface area contributed by atoms with E-state index in [1.165, 1.54) is 0 Å². The number of rotatable bonds is 5. The first-order valence-corrected chi connectivity index (χ1v) is 6.86. The van der Waals surface area contributed by atoms with Gasteiger partial charge in [-0.3, -0.25) is 0 Å². The van der Waals surface area contributed by atoms with Gasteiger partial charge in [0.1, 0.15) is 6.07 Å². The molecule has 0 aliphatic heterocycles. The molecule has 1 unspecified atom stereocenters. The number of hydrogen-bond acceptors (Lipinski definition) is 2. The van der Waals surface area contributed by atoms with Gasteiger partial charge in [0.15, 0.2) is 0 Å². The summed E-state index contributed by atoms with van der Waals surface area (Å²) in [5.41, 5.74) is 1.78. The Morgan fingerprint density at radius 1 is 1.41 bits per heavy atom. The van der Waals surface area contributed by atoms with Gasteiger partial charge in [0.25, 0.3) is 0 Å². The molecule has 0 radical (unpaired) electrons. The Morgan fingerprint density at radius 2 is 2.12 bits per heavy atom. The zero-order valence-electron chi connectivity index (χ0n) is 10.7. The first kappa shape index (κ1) is 14.1. The summed E-state index contributed by atoms with van der Waals surface area (Å²) in [5, 5.41) is 9.18. The Labute approximate surface area is 112 Å². The molecule has 0 amide bonds. The Kier molecular flexibility index (Phi) is 5.50. The van der Waals surface area contributed by atoms with Crippen LogP contribution in [0, 0.1) is 17.2 Å². The maximum absolute atomic E-state index is 9.18. The number of benzene rings is 1. The third-order valence-corrected chi connectivity index (χ3v) is 3.52. The lowest BCUT2D eigenvalue weighted by atomic mass is 10.1. The fourth-order valence-corrected chi connectivity index (χ4v) is 2.14. The van der Waals surface area contributed by atoms with Gasteiger partial charge >= 0.3 is 0 Å². The van der Waals surface area contributed by atoms with Gasteiger partial charge in [0.05, 0.1) is 11.3 Å². The largest absolute Gasteiger partial charge is 0.370 e. The van der Waals surface area contributed by atoms with E-state index < -0.39 is 0 Å². The maximum Gasteiger partial charge on any atom is 0.101 e. The predicted octanol–water partition coefficient (Wildman–Crippen LogP) is 4.19. The number of nitriles is 1. The minimum Gasteiger partial charge on any atom is -0.370 e. The smallest absolute Gasteiger partial charge is 0.101 e. The molecule has 1 aromatic rings. The average Bonchev–Trinajstić information content (AvgIpc) is 2.35. The molecule has 0 saturated carbocycles. The molecular formula is C14H19BrN2. The molecule has 1 rings (SSSR count). The lowest BCUT2D eigenvalue weighted by Gasteiger charge is -2.27. The van der Waals surface area contributed by atoms with Crippen LogP contribution in [0.15, 0.2) is 22.7 Å². The molecule has 0 aliphatic rings. The topological polar surface area (TPSA) is 27.0 Å². The van der Waals surface area contributed by atoms with Gasteiger partial charge in [-0.25, -0.2) is 0 Å². The monoisotopic (exact) mass is 294 g/mol. The van der Waals surface area contributed by atoms with Crippen LogP contribution in [-0.2, 0) is 0 Å². The second kappa shape index (κ2) is 6.66. The van der Waals surface area contributed by atoms with E-state index in [-0.39, 0.29) is 0 Å². The number of hydrogen-bond donors (Lipinski definition) is 0. The molecule has 17 heavy (non-hydrogen) atoms. The van der Waals surface area contributed by atoms with E-state index in [9.17, 15) is 5.26 Å². The van der Waals surface area contributed by atoms with Gasteiger partial charge in [-0.15, -0.1) is 0 Å². The predicted molar refractivity (Wildman–Crippen MR) is 76.2 cm³/mol. The average molecular weight is 295 g/mol. The van der Waals surface area contributed by atoms with Crippen molar-refractivity contribution in [2.24, 2.45) is 5.92 Å². The summed E-state index contributed by atoms with van der Waals surface area (Å²) >= 11 is 3.40. The first-order valence-electron chi connectivity index (χ1n) is 6.06. The molecule has 0 spiro atoms. The Hall–Kier alpha value is -1.01. The number of nitrogens with zero attached hydrogens (tertiary/aromatic N) is 2. The summed E-state index contributed by atoms with van der Waals surface area (Å²) in [6.07, 6.45) is 1.16. The molecule has 1 atom stereocenters. The van der Waals surface area contributed by atoms with Crippen molar-refractivity contribution in [3.8, 4) is 6.07 Å². The maximum atomic E-state index is 9.18. The summed E-state index contributed by atoms with van der Waals surface area (Å²) < 4.78 is 0.956. The van der Waals surface area contributed by atoms with Crippen molar-refractivity contribution in [3.63, 3.8) is 0 Å². The molecule has 0 aromatic heterocycles. The number of anilines is 1.